The van der Waals surface area contributed by atoms with Gasteiger partial charge in [0, 0.05) is 11.6 Å². The van der Waals surface area contributed by atoms with E-state index < -0.39 is 5.97 Å². The van der Waals surface area contributed by atoms with Crippen LogP contribution in [0.5, 0.6) is 5.75 Å². The Morgan fingerprint density at radius 3 is 2.47 bits per heavy atom. The van der Waals surface area contributed by atoms with Crippen LogP contribution in [0, 0.1) is 12.7 Å². The second-order valence-corrected chi connectivity index (χ2v) is 6.89. The van der Waals surface area contributed by atoms with Gasteiger partial charge in [0.2, 0.25) is 0 Å². The average Bonchev–Trinajstić information content (AvgIpc) is 2.73. The lowest BCUT2D eigenvalue weighted by Crippen LogP contribution is -1.99. The first-order chi connectivity index (χ1) is 14.5. The maximum atomic E-state index is 13.1. The molecule has 0 aliphatic rings. The molecular weight excluding hydrogens is 379 g/mol. The molecule has 0 atom stereocenters. The number of carboxylic acid groups (broad SMARTS) is 1. The SMILES string of the molecule is Cc1cccc(/C=C/Cc2ccccc2/C=C/C(=O)O)c1OCc1ccc(F)cc1. The summed E-state index contributed by atoms with van der Waals surface area (Å²) in [6.45, 7) is 2.35. The summed E-state index contributed by atoms with van der Waals surface area (Å²) in [4.78, 5) is 10.8. The summed E-state index contributed by atoms with van der Waals surface area (Å²) in [6.07, 6.45) is 7.45. The zero-order valence-electron chi connectivity index (χ0n) is 16.7. The van der Waals surface area contributed by atoms with Crippen LogP contribution in [-0.2, 0) is 17.8 Å². The summed E-state index contributed by atoms with van der Waals surface area (Å²) >= 11 is 0. The van der Waals surface area contributed by atoms with E-state index in [1.54, 1.807) is 18.2 Å². The largest absolute Gasteiger partial charge is 0.488 e. The van der Waals surface area contributed by atoms with Crippen LogP contribution in [0.4, 0.5) is 4.39 Å². The van der Waals surface area contributed by atoms with Crippen molar-refractivity contribution in [3.63, 3.8) is 0 Å². The molecule has 0 saturated heterocycles. The molecular formula is C26H23FO3. The lowest BCUT2D eigenvalue weighted by atomic mass is 10.0. The van der Waals surface area contributed by atoms with Gasteiger partial charge >= 0.3 is 5.97 Å². The quantitative estimate of drug-likeness (QED) is 0.465. The van der Waals surface area contributed by atoms with Gasteiger partial charge in [-0.25, -0.2) is 9.18 Å². The number of halogens is 1. The molecule has 3 nitrogen and oxygen atoms in total. The molecule has 4 heteroatoms. The Hall–Kier alpha value is -3.66. The minimum absolute atomic E-state index is 0.267. The van der Waals surface area contributed by atoms with Crippen molar-refractivity contribution in [3.05, 3.63) is 113 Å². The fourth-order valence-corrected chi connectivity index (χ4v) is 3.10. The Balaban J connectivity index is 1.74. The fourth-order valence-electron chi connectivity index (χ4n) is 3.10. The smallest absolute Gasteiger partial charge is 0.328 e. The van der Waals surface area contributed by atoms with Gasteiger partial charge in [0.25, 0.3) is 0 Å². The third kappa shape index (κ3) is 5.92. The van der Waals surface area contributed by atoms with Crippen LogP contribution < -0.4 is 4.74 Å². The zero-order valence-corrected chi connectivity index (χ0v) is 16.7. The van der Waals surface area contributed by atoms with Crippen LogP contribution in [0.2, 0.25) is 0 Å². The Morgan fingerprint density at radius 2 is 1.70 bits per heavy atom. The van der Waals surface area contributed by atoms with E-state index in [0.29, 0.717) is 13.0 Å². The normalized spacial score (nSPS) is 11.3. The predicted octanol–water partition coefficient (Wildman–Crippen LogP) is 6.07. The van der Waals surface area contributed by atoms with Crippen molar-refractivity contribution in [1.82, 2.24) is 0 Å². The molecule has 0 aromatic heterocycles. The second kappa shape index (κ2) is 10.2. The molecule has 152 valence electrons. The molecule has 30 heavy (non-hydrogen) atoms. The van der Waals surface area contributed by atoms with E-state index in [0.717, 1.165) is 39.6 Å². The number of hydrogen-bond acceptors (Lipinski definition) is 2. The highest BCUT2D eigenvalue weighted by Crippen LogP contribution is 2.26. The molecule has 3 rings (SSSR count). The number of rotatable bonds is 8. The summed E-state index contributed by atoms with van der Waals surface area (Å²) < 4.78 is 19.1. The first kappa shape index (κ1) is 21.1. The summed E-state index contributed by atoms with van der Waals surface area (Å²) in [6, 6.07) is 19.9. The van der Waals surface area contributed by atoms with Gasteiger partial charge in [0.15, 0.2) is 0 Å². The number of aliphatic carboxylic acids is 1. The molecule has 0 heterocycles. The van der Waals surface area contributed by atoms with Crippen LogP contribution >= 0.6 is 0 Å². The van der Waals surface area contributed by atoms with Crippen LogP contribution in [0.25, 0.3) is 12.2 Å². The third-order valence-corrected chi connectivity index (χ3v) is 4.63. The lowest BCUT2D eigenvalue weighted by molar-refractivity contribution is -0.131. The van der Waals surface area contributed by atoms with Crippen molar-refractivity contribution in [2.75, 3.05) is 0 Å². The zero-order chi connectivity index (χ0) is 21.3. The summed E-state index contributed by atoms with van der Waals surface area (Å²) in [5, 5.41) is 8.86. The maximum Gasteiger partial charge on any atom is 0.328 e. The van der Waals surface area contributed by atoms with Crippen molar-refractivity contribution in [3.8, 4) is 5.75 Å². The molecule has 0 fully saturated rings. The van der Waals surface area contributed by atoms with E-state index >= 15 is 0 Å². The molecule has 3 aromatic carbocycles. The second-order valence-electron chi connectivity index (χ2n) is 6.89. The highest BCUT2D eigenvalue weighted by Gasteiger charge is 2.06. The molecule has 0 saturated carbocycles. The van der Waals surface area contributed by atoms with Gasteiger partial charge in [-0.3, -0.25) is 0 Å². The van der Waals surface area contributed by atoms with Gasteiger partial charge in [-0.2, -0.15) is 0 Å². The Kier molecular flexibility index (Phi) is 7.17. The maximum absolute atomic E-state index is 13.1. The van der Waals surface area contributed by atoms with E-state index in [4.69, 9.17) is 9.84 Å². The van der Waals surface area contributed by atoms with Crippen molar-refractivity contribution in [2.45, 2.75) is 20.0 Å². The summed E-state index contributed by atoms with van der Waals surface area (Å²) in [5.74, 6) is -0.447. The fraction of sp³-hybridized carbons (Fsp3) is 0.115. The summed E-state index contributed by atoms with van der Waals surface area (Å²) in [7, 11) is 0. The summed E-state index contributed by atoms with van der Waals surface area (Å²) in [5.41, 5.74) is 4.78. The number of carbonyl (C=O) groups is 1. The van der Waals surface area contributed by atoms with Crippen LogP contribution in [-0.4, -0.2) is 11.1 Å². The topological polar surface area (TPSA) is 46.5 Å². The van der Waals surface area contributed by atoms with Crippen LogP contribution in [0.3, 0.4) is 0 Å². The van der Waals surface area contributed by atoms with E-state index in [1.807, 2.05) is 61.5 Å². The van der Waals surface area contributed by atoms with Gasteiger partial charge in [-0.15, -0.1) is 0 Å². The van der Waals surface area contributed by atoms with Crippen LogP contribution in [0.1, 0.15) is 27.8 Å². The van der Waals surface area contributed by atoms with Gasteiger partial charge in [-0.05, 0) is 53.8 Å². The lowest BCUT2D eigenvalue weighted by Gasteiger charge is -2.12. The number of para-hydroxylation sites is 1. The number of benzene rings is 3. The highest BCUT2D eigenvalue weighted by atomic mass is 19.1. The molecule has 0 spiro atoms. The van der Waals surface area contributed by atoms with Crippen molar-refractivity contribution in [2.24, 2.45) is 0 Å². The van der Waals surface area contributed by atoms with Gasteiger partial charge in [-0.1, -0.05) is 66.7 Å². The average molecular weight is 402 g/mol. The third-order valence-electron chi connectivity index (χ3n) is 4.63. The van der Waals surface area contributed by atoms with E-state index in [-0.39, 0.29) is 5.82 Å². The number of allylic oxidation sites excluding steroid dienone is 1. The Bertz CT molecular complexity index is 1070. The first-order valence-electron chi connectivity index (χ1n) is 9.65. The van der Waals surface area contributed by atoms with E-state index in [2.05, 4.69) is 0 Å². The van der Waals surface area contributed by atoms with E-state index in [9.17, 15) is 9.18 Å². The van der Waals surface area contributed by atoms with Gasteiger partial charge < -0.3 is 9.84 Å². The number of ether oxygens (including phenoxy) is 1. The Labute approximate surface area is 175 Å². The monoisotopic (exact) mass is 402 g/mol. The number of carboxylic acids is 1. The van der Waals surface area contributed by atoms with Crippen molar-refractivity contribution < 1.29 is 19.0 Å². The molecule has 0 aliphatic heterocycles. The predicted molar refractivity (Wildman–Crippen MR) is 118 cm³/mol. The molecule has 0 bridgehead atoms. The van der Waals surface area contributed by atoms with Crippen LogP contribution in [0.15, 0.2) is 78.9 Å². The minimum Gasteiger partial charge on any atom is -0.488 e. The molecule has 3 aromatic rings. The molecule has 0 amide bonds. The van der Waals surface area contributed by atoms with Crippen molar-refractivity contribution >= 4 is 18.1 Å². The number of aryl methyl sites for hydroxylation is 1. The molecule has 0 radical (unpaired) electrons. The first-order valence-corrected chi connectivity index (χ1v) is 9.65. The van der Waals surface area contributed by atoms with E-state index in [1.165, 1.54) is 12.1 Å². The molecule has 1 N–H and O–H groups in total. The standard InChI is InChI=1S/C26H23FO3/c1-19-6-4-10-23(26(19)30-18-20-12-15-24(27)16-13-20)11-5-9-21-7-2-3-8-22(21)14-17-25(28)29/h2-8,10-17H,9,18H2,1H3,(H,28,29)/b11-5+,17-14+. The van der Waals surface area contributed by atoms with Crippen molar-refractivity contribution in [1.29, 1.82) is 0 Å². The molecule has 0 aliphatic carbocycles. The Morgan fingerprint density at radius 1 is 0.967 bits per heavy atom. The highest BCUT2D eigenvalue weighted by molar-refractivity contribution is 5.85. The molecule has 0 unspecified atom stereocenters. The van der Waals surface area contributed by atoms with Gasteiger partial charge in [0.05, 0.1) is 0 Å². The number of hydrogen-bond donors (Lipinski definition) is 1. The minimum atomic E-state index is -0.969. The van der Waals surface area contributed by atoms with Gasteiger partial charge in [0.1, 0.15) is 18.2 Å².